The largest absolute Gasteiger partial charge is 0.309 e. The molecule has 0 N–H and O–H groups in total. The normalized spacial score (nSPS) is 10.7. The Labute approximate surface area is 224 Å². The molecule has 0 atom stereocenters. The first-order chi connectivity index (χ1) is 19.0. The monoisotopic (exact) mass is 501 g/mol. The Kier molecular flexibility index (Phi) is 5.57. The van der Waals surface area contributed by atoms with Crippen LogP contribution in [0.2, 0.25) is 0 Å². The van der Waals surface area contributed by atoms with Gasteiger partial charge in [0.1, 0.15) is 11.6 Å². The molecular formula is C32H19N7. The van der Waals surface area contributed by atoms with Crippen LogP contribution in [-0.2, 0) is 0 Å². The molecule has 0 aliphatic carbocycles. The Morgan fingerprint density at radius 2 is 1.36 bits per heavy atom. The maximum atomic E-state index is 9.86. The minimum Gasteiger partial charge on any atom is -0.309 e. The van der Waals surface area contributed by atoms with Gasteiger partial charge >= 0.3 is 0 Å². The van der Waals surface area contributed by atoms with Crippen molar-refractivity contribution in [3.63, 3.8) is 0 Å². The molecule has 0 radical (unpaired) electrons. The first-order valence-corrected chi connectivity index (χ1v) is 12.2. The van der Waals surface area contributed by atoms with Gasteiger partial charge in [-0.15, -0.1) is 0 Å². The third-order valence-electron chi connectivity index (χ3n) is 6.74. The summed E-state index contributed by atoms with van der Waals surface area (Å²) < 4.78 is 2.15. The number of fused-ring (bicyclic) bond motifs is 3. The van der Waals surface area contributed by atoms with E-state index in [4.69, 9.17) is 0 Å². The van der Waals surface area contributed by atoms with E-state index in [0.29, 0.717) is 39.7 Å². The Morgan fingerprint density at radius 3 is 2.10 bits per heavy atom. The fourth-order valence-corrected chi connectivity index (χ4v) is 5.06. The SMILES string of the molecule is Cc1nc(C)nc(-c2cc(-n3c4ccccc4c4ccc(-c5ccc(C#N)cc5C#N)cc43)ccc2C#N)n1. The third kappa shape index (κ3) is 3.94. The zero-order valence-corrected chi connectivity index (χ0v) is 21.1. The fourth-order valence-electron chi connectivity index (χ4n) is 5.06. The topological polar surface area (TPSA) is 115 Å². The van der Waals surface area contributed by atoms with Gasteiger partial charge in [-0.2, -0.15) is 15.8 Å². The van der Waals surface area contributed by atoms with Crippen molar-refractivity contribution < 1.29 is 0 Å². The molecule has 6 rings (SSSR count). The minimum absolute atomic E-state index is 0.442. The standard InChI is InChI=1S/C32H19N7/c1-19-36-20(2)38-32(37-19)29-15-25(10-8-23(29)17-34)39-30-6-4-3-5-27(30)28-12-9-22(14-31(28)39)26-11-7-21(16-33)13-24(26)18-35/h3-15H,1-2H3. The van der Waals surface area contributed by atoms with E-state index in [1.165, 1.54) is 0 Å². The van der Waals surface area contributed by atoms with Crippen LogP contribution in [-0.4, -0.2) is 19.5 Å². The summed E-state index contributed by atoms with van der Waals surface area (Å²) in [4.78, 5) is 13.3. The summed E-state index contributed by atoms with van der Waals surface area (Å²) in [5.41, 5.74) is 6.41. The average Bonchev–Trinajstić information content (AvgIpc) is 3.29. The first-order valence-electron chi connectivity index (χ1n) is 12.2. The van der Waals surface area contributed by atoms with Crippen LogP contribution >= 0.6 is 0 Å². The van der Waals surface area contributed by atoms with E-state index in [0.717, 1.165) is 38.6 Å². The summed E-state index contributed by atoms with van der Waals surface area (Å²) in [7, 11) is 0. The molecule has 182 valence electrons. The Balaban J connectivity index is 1.64. The second-order valence-electron chi connectivity index (χ2n) is 9.16. The molecule has 0 aliphatic rings. The molecule has 0 saturated heterocycles. The van der Waals surface area contributed by atoms with Gasteiger partial charge in [0.25, 0.3) is 0 Å². The number of hydrogen-bond acceptors (Lipinski definition) is 6. The molecule has 7 nitrogen and oxygen atoms in total. The molecule has 7 heteroatoms. The Morgan fingerprint density at radius 1 is 0.615 bits per heavy atom. The molecule has 0 amide bonds. The smallest absolute Gasteiger partial charge is 0.164 e. The van der Waals surface area contributed by atoms with Crippen molar-refractivity contribution in [3.8, 4) is 46.4 Å². The highest BCUT2D eigenvalue weighted by atomic mass is 15.0. The van der Waals surface area contributed by atoms with E-state index in [1.807, 2.05) is 36.4 Å². The van der Waals surface area contributed by atoms with Gasteiger partial charge in [-0.25, -0.2) is 15.0 Å². The molecule has 0 saturated carbocycles. The second-order valence-corrected chi connectivity index (χ2v) is 9.16. The van der Waals surface area contributed by atoms with Crippen molar-refractivity contribution in [2.45, 2.75) is 13.8 Å². The van der Waals surface area contributed by atoms with E-state index in [1.54, 1.807) is 32.0 Å². The molecule has 0 fully saturated rings. The van der Waals surface area contributed by atoms with Gasteiger partial charge in [0.2, 0.25) is 0 Å². The highest BCUT2D eigenvalue weighted by molar-refractivity contribution is 6.10. The number of aromatic nitrogens is 4. The van der Waals surface area contributed by atoms with Gasteiger partial charge in [-0.3, -0.25) is 0 Å². The van der Waals surface area contributed by atoms with Crippen LogP contribution in [0.15, 0.2) is 78.9 Å². The molecular weight excluding hydrogens is 482 g/mol. The van der Waals surface area contributed by atoms with Gasteiger partial charge in [-0.05, 0) is 67.4 Å². The molecule has 0 unspecified atom stereocenters. The Bertz CT molecular complexity index is 2060. The van der Waals surface area contributed by atoms with Gasteiger partial charge in [0, 0.05) is 22.0 Å². The summed E-state index contributed by atoms with van der Waals surface area (Å²) in [6, 6.07) is 31.7. The van der Waals surface area contributed by atoms with Crippen molar-refractivity contribution in [3.05, 3.63) is 107 Å². The maximum Gasteiger partial charge on any atom is 0.164 e. The van der Waals surface area contributed by atoms with E-state index in [9.17, 15) is 15.8 Å². The lowest BCUT2D eigenvalue weighted by Crippen LogP contribution is -2.02. The van der Waals surface area contributed by atoms with Crippen LogP contribution < -0.4 is 0 Å². The molecule has 6 aromatic rings. The second kappa shape index (κ2) is 9.23. The third-order valence-corrected chi connectivity index (χ3v) is 6.74. The van der Waals surface area contributed by atoms with Crippen molar-refractivity contribution in [2.75, 3.05) is 0 Å². The summed E-state index contributed by atoms with van der Waals surface area (Å²) >= 11 is 0. The van der Waals surface area contributed by atoms with Gasteiger partial charge in [0.15, 0.2) is 5.82 Å². The zero-order valence-electron chi connectivity index (χ0n) is 21.1. The summed E-state index contributed by atoms with van der Waals surface area (Å²) in [5.74, 6) is 1.63. The number of hydrogen-bond donors (Lipinski definition) is 0. The van der Waals surface area contributed by atoms with E-state index >= 15 is 0 Å². The Hall–Kier alpha value is -5.84. The van der Waals surface area contributed by atoms with Crippen LogP contribution in [0, 0.1) is 47.8 Å². The molecule has 0 aliphatic heterocycles. The zero-order chi connectivity index (χ0) is 27.1. The summed E-state index contributed by atoms with van der Waals surface area (Å²) in [6.07, 6.45) is 0. The summed E-state index contributed by atoms with van der Waals surface area (Å²) in [5, 5.41) is 31.1. The van der Waals surface area contributed by atoms with Crippen molar-refractivity contribution in [1.82, 2.24) is 19.5 Å². The van der Waals surface area contributed by atoms with Crippen LogP contribution in [0.25, 0.3) is 50.0 Å². The number of nitriles is 3. The van der Waals surface area contributed by atoms with Crippen molar-refractivity contribution in [2.24, 2.45) is 0 Å². The summed E-state index contributed by atoms with van der Waals surface area (Å²) in [6.45, 7) is 3.61. The molecule has 39 heavy (non-hydrogen) atoms. The van der Waals surface area contributed by atoms with Crippen LogP contribution in [0.1, 0.15) is 28.3 Å². The van der Waals surface area contributed by atoms with Crippen LogP contribution in [0.3, 0.4) is 0 Å². The predicted octanol–water partition coefficient (Wildman–Crippen LogP) is 6.53. The number of para-hydroxylation sites is 1. The molecule has 0 bridgehead atoms. The van der Waals surface area contributed by atoms with Gasteiger partial charge in [-0.1, -0.05) is 36.4 Å². The number of benzene rings is 4. The molecule has 4 aromatic carbocycles. The lowest BCUT2D eigenvalue weighted by molar-refractivity contribution is 0.927. The lowest BCUT2D eigenvalue weighted by atomic mass is 9.97. The highest BCUT2D eigenvalue weighted by Crippen LogP contribution is 2.36. The minimum atomic E-state index is 0.442. The number of nitrogens with zero attached hydrogens (tertiary/aromatic N) is 7. The van der Waals surface area contributed by atoms with Crippen LogP contribution in [0.4, 0.5) is 0 Å². The molecule has 2 heterocycles. The van der Waals surface area contributed by atoms with Crippen molar-refractivity contribution in [1.29, 1.82) is 15.8 Å². The highest BCUT2D eigenvalue weighted by Gasteiger charge is 2.17. The predicted molar refractivity (Wildman–Crippen MR) is 149 cm³/mol. The average molecular weight is 502 g/mol. The molecule has 0 spiro atoms. The molecule has 2 aromatic heterocycles. The lowest BCUT2D eigenvalue weighted by Gasteiger charge is -2.12. The number of rotatable bonds is 3. The number of aryl methyl sites for hydroxylation is 2. The van der Waals surface area contributed by atoms with E-state index < -0.39 is 0 Å². The first kappa shape index (κ1) is 23.6. The van der Waals surface area contributed by atoms with E-state index in [-0.39, 0.29) is 0 Å². The van der Waals surface area contributed by atoms with Crippen LogP contribution in [0.5, 0.6) is 0 Å². The fraction of sp³-hybridized carbons (Fsp3) is 0.0625. The maximum absolute atomic E-state index is 9.86. The van der Waals surface area contributed by atoms with Crippen molar-refractivity contribution >= 4 is 21.8 Å². The quantitative estimate of drug-likeness (QED) is 0.272. The van der Waals surface area contributed by atoms with Gasteiger partial charge < -0.3 is 4.57 Å². The van der Waals surface area contributed by atoms with E-state index in [2.05, 4.69) is 62.0 Å². The van der Waals surface area contributed by atoms with Gasteiger partial charge in [0.05, 0.1) is 45.9 Å².